The highest BCUT2D eigenvalue weighted by Crippen LogP contribution is 2.32. The van der Waals surface area contributed by atoms with Crippen LogP contribution in [0.1, 0.15) is 25.1 Å². The largest absolute Gasteiger partial charge is 0.433 e. The summed E-state index contributed by atoms with van der Waals surface area (Å²) >= 11 is 0. The van der Waals surface area contributed by atoms with Crippen molar-refractivity contribution in [3.63, 3.8) is 0 Å². The molecule has 1 heterocycles. The van der Waals surface area contributed by atoms with Gasteiger partial charge in [-0.2, -0.15) is 18.2 Å². The Morgan fingerprint density at radius 2 is 1.96 bits per heavy atom. The van der Waals surface area contributed by atoms with Gasteiger partial charge in [0.1, 0.15) is 5.82 Å². The van der Waals surface area contributed by atoms with E-state index in [0.29, 0.717) is 6.07 Å². The van der Waals surface area contributed by atoms with E-state index in [1.165, 1.54) is 25.1 Å². The summed E-state index contributed by atoms with van der Waals surface area (Å²) in [6.45, 7) is 4.73. The van der Waals surface area contributed by atoms with Gasteiger partial charge in [0.15, 0.2) is 5.69 Å². The molecule has 0 bridgehead atoms. The molecule has 0 aliphatic heterocycles. The summed E-state index contributed by atoms with van der Waals surface area (Å²) in [5.41, 5.74) is -0.858. The van der Waals surface area contributed by atoms with Gasteiger partial charge in [0.2, 0.25) is 5.95 Å². The van der Waals surface area contributed by atoms with Crippen LogP contribution in [0.2, 0.25) is 0 Å². The number of hydrogen-bond acceptors (Lipinski definition) is 7. The van der Waals surface area contributed by atoms with E-state index in [1.54, 1.807) is 13.8 Å². The molecular formula is C17H20F3N5O3. The molecule has 0 aliphatic carbocycles. The summed E-state index contributed by atoms with van der Waals surface area (Å²) in [5.74, 6) is -0.583. The molecule has 11 heteroatoms. The number of nitrogens with one attached hydrogen (secondary N) is 2. The van der Waals surface area contributed by atoms with E-state index in [9.17, 15) is 28.4 Å². The van der Waals surface area contributed by atoms with Crippen LogP contribution in [0.25, 0.3) is 0 Å². The van der Waals surface area contributed by atoms with Crippen molar-refractivity contribution in [1.29, 1.82) is 0 Å². The zero-order valence-corrected chi connectivity index (χ0v) is 15.4. The number of halogens is 3. The van der Waals surface area contributed by atoms with Crippen molar-refractivity contribution in [3.8, 4) is 0 Å². The second kappa shape index (κ2) is 8.38. The molecule has 152 valence electrons. The lowest BCUT2D eigenvalue weighted by Crippen LogP contribution is -2.30. The fourth-order valence-corrected chi connectivity index (χ4v) is 2.40. The SMILES string of the molecule is Cc1c(Nc2cc(C(F)(F)F)nc(N[C@H](CO)C(C)C)n2)cccc1[N+](=O)[O-]. The first kappa shape index (κ1) is 21.4. The molecule has 0 saturated carbocycles. The summed E-state index contributed by atoms with van der Waals surface area (Å²) in [6.07, 6.45) is -4.72. The van der Waals surface area contributed by atoms with Gasteiger partial charge in [0, 0.05) is 17.8 Å². The zero-order chi connectivity index (χ0) is 21.1. The number of nitro groups is 1. The van der Waals surface area contributed by atoms with Gasteiger partial charge in [0.05, 0.1) is 23.1 Å². The molecule has 0 amide bonds. The number of rotatable bonds is 7. The Hall–Kier alpha value is -2.95. The Morgan fingerprint density at radius 1 is 1.29 bits per heavy atom. The summed E-state index contributed by atoms with van der Waals surface area (Å²) in [4.78, 5) is 18.0. The molecule has 28 heavy (non-hydrogen) atoms. The van der Waals surface area contributed by atoms with Gasteiger partial charge in [-0.25, -0.2) is 4.98 Å². The Labute approximate surface area is 159 Å². The summed E-state index contributed by atoms with van der Waals surface area (Å²) in [5, 5.41) is 25.8. The van der Waals surface area contributed by atoms with Crippen molar-refractivity contribution in [2.75, 3.05) is 17.2 Å². The Kier molecular flexibility index (Phi) is 6.39. The Balaban J connectivity index is 2.45. The predicted molar refractivity (Wildman–Crippen MR) is 97.5 cm³/mol. The molecule has 0 unspecified atom stereocenters. The van der Waals surface area contributed by atoms with Crippen LogP contribution in [0, 0.1) is 23.0 Å². The quantitative estimate of drug-likeness (QED) is 0.478. The normalized spacial score (nSPS) is 12.7. The third-order valence-electron chi connectivity index (χ3n) is 4.10. The lowest BCUT2D eigenvalue weighted by Gasteiger charge is -2.21. The molecule has 0 saturated heterocycles. The monoisotopic (exact) mass is 399 g/mol. The van der Waals surface area contributed by atoms with Crippen molar-refractivity contribution < 1.29 is 23.2 Å². The van der Waals surface area contributed by atoms with Crippen LogP contribution < -0.4 is 10.6 Å². The average molecular weight is 399 g/mol. The van der Waals surface area contributed by atoms with Crippen molar-refractivity contribution in [1.82, 2.24) is 9.97 Å². The number of anilines is 3. The van der Waals surface area contributed by atoms with Gasteiger partial charge in [-0.05, 0) is 18.9 Å². The predicted octanol–water partition coefficient (Wildman–Crippen LogP) is 3.88. The van der Waals surface area contributed by atoms with Crippen LogP contribution in [-0.2, 0) is 6.18 Å². The maximum Gasteiger partial charge on any atom is 0.433 e. The van der Waals surface area contributed by atoms with Gasteiger partial charge in [-0.1, -0.05) is 19.9 Å². The van der Waals surface area contributed by atoms with E-state index in [4.69, 9.17) is 0 Å². The van der Waals surface area contributed by atoms with Gasteiger partial charge in [0.25, 0.3) is 5.69 Å². The molecule has 3 N–H and O–H groups in total. The van der Waals surface area contributed by atoms with Crippen molar-refractivity contribution >= 4 is 23.1 Å². The highest BCUT2D eigenvalue weighted by Gasteiger charge is 2.34. The van der Waals surface area contributed by atoms with Crippen LogP contribution in [-0.4, -0.2) is 32.6 Å². The lowest BCUT2D eigenvalue weighted by atomic mass is 10.1. The molecule has 0 aliphatic rings. The van der Waals surface area contributed by atoms with Crippen LogP contribution in [0.5, 0.6) is 0 Å². The number of nitro benzene ring substituents is 1. The summed E-state index contributed by atoms with van der Waals surface area (Å²) in [7, 11) is 0. The molecule has 8 nitrogen and oxygen atoms in total. The molecule has 0 fully saturated rings. The fourth-order valence-electron chi connectivity index (χ4n) is 2.40. The topological polar surface area (TPSA) is 113 Å². The maximum atomic E-state index is 13.2. The molecule has 1 aromatic heterocycles. The average Bonchev–Trinajstić information content (AvgIpc) is 2.60. The maximum absolute atomic E-state index is 13.2. The first-order valence-electron chi connectivity index (χ1n) is 8.37. The number of alkyl halides is 3. The summed E-state index contributed by atoms with van der Waals surface area (Å²) < 4.78 is 39.7. The second-order valence-electron chi connectivity index (χ2n) is 6.47. The number of aliphatic hydroxyl groups excluding tert-OH is 1. The Bertz CT molecular complexity index is 858. The van der Waals surface area contributed by atoms with Gasteiger partial charge < -0.3 is 15.7 Å². The number of nitrogens with zero attached hydrogens (tertiary/aromatic N) is 3. The smallest absolute Gasteiger partial charge is 0.394 e. The number of hydrogen-bond donors (Lipinski definition) is 3. The molecule has 0 radical (unpaired) electrons. The molecule has 2 rings (SSSR count). The highest BCUT2D eigenvalue weighted by atomic mass is 19.4. The van der Waals surface area contributed by atoms with Gasteiger partial charge in [-0.3, -0.25) is 10.1 Å². The third kappa shape index (κ3) is 5.06. The van der Waals surface area contributed by atoms with E-state index in [-0.39, 0.29) is 41.2 Å². The molecule has 1 aromatic carbocycles. The fraction of sp³-hybridized carbons (Fsp3) is 0.412. The minimum Gasteiger partial charge on any atom is -0.394 e. The van der Waals surface area contributed by atoms with Crippen LogP contribution in [0.3, 0.4) is 0 Å². The summed E-state index contributed by atoms with van der Waals surface area (Å²) in [6, 6.07) is 4.38. The number of aliphatic hydroxyl groups is 1. The third-order valence-corrected chi connectivity index (χ3v) is 4.10. The standard InChI is InChI=1S/C17H20F3N5O3/c1-9(2)12(8-26)22-16-23-14(17(18,19)20)7-15(24-16)21-11-5-4-6-13(10(11)3)25(27)28/h4-7,9,12,26H,8H2,1-3H3,(H2,21,22,23,24)/t12-/m1/s1. The van der Waals surface area contributed by atoms with E-state index in [2.05, 4.69) is 20.6 Å². The van der Waals surface area contributed by atoms with Crippen molar-refractivity contribution in [2.24, 2.45) is 5.92 Å². The number of aromatic nitrogens is 2. The van der Waals surface area contributed by atoms with Crippen molar-refractivity contribution in [2.45, 2.75) is 33.0 Å². The highest BCUT2D eigenvalue weighted by molar-refractivity contribution is 5.66. The van der Waals surface area contributed by atoms with E-state index in [0.717, 1.165) is 0 Å². The number of benzene rings is 1. The first-order valence-corrected chi connectivity index (χ1v) is 8.37. The van der Waals surface area contributed by atoms with Crippen molar-refractivity contribution in [3.05, 3.63) is 45.6 Å². The minimum absolute atomic E-state index is 0.0847. The Morgan fingerprint density at radius 3 is 2.50 bits per heavy atom. The van der Waals surface area contributed by atoms with E-state index < -0.39 is 22.8 Å². The first-order chi connectivity index (χ1) is 13.0. The van der Waals surface area contributed by atoms with Crippen LogP contribution >= 0.6 is 0 Å². The lowest BCUT2D eigenvalue weighted by molar-refractivity contribution is -0.385. The van der Waals surface area contributed by atoms with Crippen LogP contribution in [0.15, 0.2) is 24.3 Å². The molecule has 0 spiro atoms. The van der Waals surface area contributed by atoms with E-state index >= 15 is 0 Å². The van der Waals surface area contributed by atoms with E-state index in [1.807, 2.05) is 0 Å². The molecular weight excluding hydrogens is 379 g/mol. The minimum atomic E-state index is -4.72. The van der Waals surface area contributed by atoms with Gasteiger partial charge >= 0.3 is 6.18 Å². The molecule has 2 aromatic rings. The van der Waals surface area contributed by atoms with Gasteiger partial charge in [-0.15, -0.1) is 0 Å². The second-order valence-corrected chi connectivity index (χ2v) is 6.47. The molecule has 1 atom stereocenters. The van der Waals surface area contributed by atoms with Crippen LogP contribution in [0.4, 0.5) is 36.3 Å². The zero-order valence-electron chi connectivity index (χ0n) is 15.4.